The predicted molar refractivity (Wildman–Crippen MR) is 62.4 cm³/mol. The number of hydrogen-bond acceptors (Lipinski definition) is 1. The first-order valence-corrected chi connectivity index (χ1v) is 5.42. The summed E-state index contributed by atoms with van der Waals surface area (Å²) in [5.41, 5.74) is 4.22. The molecule has 0 saturated carbocycles. The molecule has 1 heterocycles. The lowest BCUT2D eigenvalue weighted by Crippen LogP contribution is -2.00. The van der Waals surface area contributed by atoms with Crippen LogP contribution in [0.5, 0.6) is 0 Å². The topological polar surface area (TPSA) is 12.0 Å². The zero-order valence-electron chi connectivity index (χ0n) is 8.83. The summed E-state index contributed by atoms with van der Waals surface area (Å²) < 4.78 is 13.7. The van der Waals surface area contributed by atoms with Gasteiger partial charge in [-0.15, -0.1) is 0 Å². The number of hydrogen-bond donors (Lipinski definition) is 1. The van der Waals surface area contributed by atoms with Crippen LogP contribution in [-0.2, 0) is 13.1 Å². The highest BCUT2D eigenvalue weighted by molar-refractivity contribution is 5.69. The van der Waals surface area contributed by atoms with Gasteiger partial charge in [-0.25, -0.2) is 4.39 Å². The molecule has 1 aliphatic rings. The smallest absolute Gasteiger partial charge is 0.131 e. The molecule has 2 aromatic carbocycles. The Balaban J connectivity index is 2.21. The molecule has 0 aromatic heterocycles. The van der Waals surface area contributed by atoms with Gasteiger partial charge in [-0.05, 0) is 22.8 Å². The van der Waals surface area contributed by atoms with Gasteiger partial charge in [0, 0.05) is 18.7 Å². The van der Waals surface area contributed by atoms with Crippen LogP contribution in [0.1, 0.15) is 11.1 Å². The van der Waals surface area contributed by atoms with E-state index in [0.717, 1.165) is 18.7 Å². The molecule has 80 valence electrons. The summed E-state index contributed by atoms with van der Waals surface area (Å²) in [6.45, 7) is 1.72. The zero-order chi connectivity index (χ0) is 11.0. The highest BCUT2D eigenvalue weighted by Crippen LogP contribution is 2.30. The van der Waals surface area contributed by atoms with Crippen LogP contribution in [0.2, 0.25) is 0 Å². The van der Waals surface area contributed by atoms with Crippen molar-refractivity contribution in [3.63, 3.8) is 0 Å². The summed E-state index contributed by atoms with van der Waals surface area (Å²) in [5, 5.41) is 3.29. The number of nitrogens with one attached hydrogen (secondary N) is 1. The molecule has 0 fully saturated rings. The lowest BCUT2D eigenvalue weighted by Gasteiger charge is -2.08. The Kier molecular flexibility index (Phi) is 2.22. The minimum Gasteiger partial charge on any atom is -0.309 e. The summed E-state index contributed by atoms with van der Waals surface area (Å²) in [5.74, 6) is -0.150. The van der Waals surface area contributed by atoms with Crippen molar-refractivity contribution >= 4 is 0 Å². The third-order valence-electron chi connectivity index (χ3n) is 3.05. The number of fused-ring (bicyclic) bond motifs is 1. The van der Waals surface area contributed by atoms with Crippen molar-refractivity contribution in [3.05, 3.63) is 59.4 Å². The van der Waals surface area contributed by atoms with E-state index in [1.165, 1.54) is 17.2 Å². The molecule has 1 aliphatic heterocycles. The Bertz CT molecular complexity index is 534. The minimum absolute atomic E-state index is 0.150. The summed E-state index contributed by atoms with van der Waals surface area (Å²) >= 11 is 0. The van der Waals surface area contributed by atoms with Crippen molar-refractivity contribution < 1.29 is 4.39 Å². The average Bonchev–Trinajstić information content (AvgIpc) is 2.77. The number of benzene rings is 2. The maximum absolute atomic E-state index is 13.7. The molecule has 0 atom stereocenters. The largest absolute Gasteiger partial charge is 0.309 e. The third-order valence-corrected chi connectivity index (χ3v) is 3.05. The number of rotatable bonds is 1. The second kappa shape index (κ2) is 3.72. The van der Waals surface area contributed by atoms with Crippen LogP contribution >= 0.6 is 0 Å². The predicted octanol–water partition coefficient (Wildman–Crippen LogP) is 3.10. The lowest BCUT2D eigenvalue weighted by molar-refractivity contribution is 0.631. The second-order valence-electron chi connectivity index (χ2n) is 4.03. The summed E-state index contributed by atoms with van der Waals surface area (Å²) in [4.78, 5) is 0. The maximum Gasteiger partial charge on any atom is 0.131 e. The first-order chi connectivity index (χ1) is 7.86. The van der Waals surface area contributed by atoms with Crippen molar-refractivity contribution in [3.8, 4) is 11.1 Å². The highest BCUT2D eigenvalue weighted by Gasteiger charge is 2.16. The molecule has 0 aliphatic carbocycles. The van der Waals surface area contributed by atoms with Gasteiger partial charge in [-0.1, -0.05) is 36.4 Å². The van der Waals surface area contributed by atoms with Gasteiger partial charge < -0.3 is 5.32 Å². The fraction of sp³-hybridized carbons (Fsp3) is 0.143. The van der Waals surface area contributed by atoms with Gasteiger partial charge in [-0.2, -0.15) is 0 Å². The van der Waals surface area contributed by atoms with Crippen LogP contribution in [0.15, 0.2) is 42.5 Å². The van der Waals surface area contributed by atoms with E-state index in [1.54, 1.807) is 6.07 Å². The normalized spacial score (nSPS) is 13.8. The van der Waals surface area contributed by atoms with E-state index in [-0.39, 0.29) is 5.82 Å². The molecule has 0 saturated heterocycles. The summed E-state index contributed by atoms with van der Waals surface area (Å²) in [6.07, 6.45) is 0. The summed E-state index contributed by atoms with van der Waals surface area (Å²) in [6, 6.07) is 13.0. The molecular weight excluding hydrogens is 201 g/mol. The van der Waals surface area contributed by atoms with Crippen LogP contribution in [0, 0.1) is 5.82 Å². The molecule has 1 nitrogen and oxygen atoms in total. The lowest BCUT2D eigenvalue weighted by atomic mass is 9.97. The van der Waals surface area contributed by atoms with Crippen LogP contribution in [0.25, 0.3) is 11.1 Å². The molecule has 16 heavy (non-hydrogen) atoms. The van der Waals surface area contributed by atoms with Gasteiger partial charge in [0.15, 0.2) is 0 Å². The van der Waals surface area contributed by atoms with Gasteiger partial charge in [0.1, 0.15) is 5.82 Å². The molecular formula is C14H12FN. The molecule has 1 N–H and O–H groups in total. The first-order valence-electron chi connectivity index (χ1n) is 5.42. The minimum atomic E-state index is -0.150. The van der Waals surface area contributed by atoms with E-state index in [4.69, 9.17) is 0 Å². The van der Waals surface area contributed by atoms with Crippen LogP contribution in [0.3, 0.4) is 0 Å². The van der Waals surface area contributed by atoms with Gasteiger partial charge in [0.05, 0.1) is 0 Å². The van der Waals surface area contributed by atoms with E-state index >= 15 is 0 Å². The SMILES string of the molecule is Fc1ccccc1-c1cccc2c1CNC2. The molecule has 2 heteroatoms. The molecule has 2 aromatic rings. The Labute approximate surface area is 93.9 Å². The van der Waals surface area contributed by atoms with E-state index in [2.05, 4.69) is 11.4 Å². The van der Waals surface area contributed by atoms with E-state index < -0.39 is 0 Å². The Morgan fingerprint density at radius 2 is 1.69 bits per heavy atom. The van der Waals surface area contributed by atoms with Crippen LogP contribution in [-0.4, -0.2) is 0 Å². The average molecular weight is 213 g/mol. The zero-order valence-corrected chi connectivity index (χ0v) is 8.83. The molecule has 0 spiro atoms. The quantitative estimate of drug-likeness (QED) is 0.767. The van der Waals surface area contributed by atoms with Gasteiger partial charge >= 0.3 is 0 Å². The molecule has 3 rings (SSSR count). The Morgan fingerprint density at radius 1 is 0.875 bits per heavy atom. The van der Waals surface area contributed by atoms with E-state index in [0.29, 0.717) is 5.56 Å². The fourth-order valence-electron chi connectivity index (χ4n) is 2.26. The Morgan fingerprint density at radius 3 is 2.56 bits per heavy atom. The molecule has 0 amide bonds. The van der Waals surface area contributed by atoms with Gasteiger partial charge in [0.25, 0.3) is 0 Å². The first kappa shape index (κ1) is 9.55. The van der Waals surface area contributed by atoms with Gasteiger partial charge in [0.2, 0.25) is 0 Å². The van der Waals surface area contributed by atoms with E-state index in [9.17, 15) is 4.39 Å². The summed E-state index contributed by atoms with van der Waals surface area (Å²) in [7, 11) is 0. The standard InChI is InChI=1S/C14H12FN/c15-14-7-2-1-5-12(14)11-6-3-4-10-8-16-9-13(10)11/h1-7,16H,8-9H2. The highest BCUT2D eigenvalue weighted by atomic mass is 19.1. The van der Waals surface area contributed by atoms with Crippen molar-refractivity contribution in [2.75, 3.05) is 0 Å². The second-order valence-corrected chi connectivity index (χ2v) is 4.03. The number of halogens is 1. The van der Waals surface area contributed by atoms with Crippen LogP contribution < -0.4 is 5.32 Å². The molecule has 0 radical (unpaired) electrons. The van der Waals surface area contributed by atoms with Gasteiger partial charge in [-0.3, -0.25) is 0 Å². The maximum atomic E-state index is 13.7. The van der Waals surface area contributed by atoms with Crippen LogP contribution in [0.4, 0.5) is 4.39 Å². The van der Waals surface area contributed by atoms with Crippen molar-refractivity contribution in [2.45, 2.75) is 13.1 Å². The van der Waals surface area contributed by atoms with Crippen molar-refractivity contribution in [1.29, 1.82) is 0 Å². The monoisotopic (exact) mass is 213 g/mol. The molecule has 0 unspecified atom stereocenters. The fourth-order valence-corrected chi connectivity index (χ4v) is 2.26. The van der Waals surface area contributed by atoms with Crippen molar-refractivity contribution in [1.82, 2.24) is 5.32 Å². The molecule has 0 bridgehead atoms. The van der Waals surface area contributed by atoms with E-state index in [1.807, 2.05) is 24.3 Å². The Hall–Kier alpha value is -1.67. The third kappa shape index (κ3) is 1.42. The van der Waals surface area contributed by atoms with Crippen molar-refractivity contribution in [2.24, 2.45) is 0 Å².